The van der Waals surface area contributed by atoms with Gasteiger partial charge < -0.3 is 4.74 Å². The van der Waals surface area contributed by atoms with Crippen LogP contribution in [0.3, 0.4) is 0 Å². The van der Waals surface area contributed by atoms with E-state index in [0.717, 1.165) is 28.1 Å². The van der Waals surface area contributed by atoms with E-state index >= 15 is 0 Å². The first kappa shape index (κ1) is 24.0. The number of methoxy groups -OCH3 is 1. The summed E-state index contributed by atoms with van der Waals surface area (Å²) in [5.74, 6) is 1.36. The number of aromatic nitrogens is 3. The largest absolute Gasteiger partial charge is 0.497 e. The summed E-state index contributed by atoms with van der Waals surface area (Å²) in [7, 11) is 1.63. The molecule has 7 nitrogen and oxygen atoms in total. The van der Waals surface area contributed by atoms with Gasteiger partial charge in [0.1, 0.15) is 5.75 Å². The smallest absolute Gasteiger partial charge is 0.250 e. The van der Waals surface area contributed by atoms with Crippen molar-refractivity contribution in [3.05, 3.63) is 96.1 Å². The number of carbonyl (C=O) groups is 1. The van der Waals surface area contributed by atoms with Crippen LogP contribution in [0, 0.1) is 0 Å². The lowest BCUT2D eigenvalue weighted by Crippen LogP contribution is -2.20. The number of nitrogens with one attached hydrogen (secondary N) is 1. The Morgan fingerprint density at radius 3 is 2.37 bits per heavy atom. The van der Waals surface area contributed by atoms with Gasteiger partial charge in [0.05, 0.1) is 19.1 Å². The number of rotatable bonds is 9. The molecule has 4 rings (SSSR count). The zero-order valence-corrected chi connectivity index (χ0v) is 20.3. The molecule has 0 saturated carbocycles. The molecule has 35 heavy (non-hydrogen) atoms. The fraction of sp³-hybridized carbons (Fsp3) is 0.111. The van der Waals surface area contributed by atoms with Crippen LogP contribution in [0.2, 0.25) is 0 Å². The molecule has 0 aliphatic rings. The molecule has 0 aliphatic heterocycles. The van der Waals surface area contributed by atoms with Crippen molar-refractivity contribution in [1.29, 1.82) is 0 Å². The van der Waals surface area contributed by atoms with Crippen LogP contribution in [0.1, 0.15) is 12.5 Å². The molecule has 1 amide bonds. The SMILES string of the molecule is COc1ccc(-n2c(SCC(=O)N/N=C\C(C)=Cc3ccccc3)nnc2-c2ccccc2)cc1. The van der Waals surface area contributed by atoms with Crippen molar-refractivity contribution in [1.82, 2.24) is 20.2 Å². The van der Waals surface area contributed by atoms with E-state index in [0.29, 0.717) is 11.0 Å². The lowest BCUT2D eigenvalue weighted by Gasteiger charge is -2.11. The fourth-order valence-electron chi connectivity index (χ4n) is 3.32. The summed E-state index contributed by atoms with van der Waals surface area (Å²) in [5, 5.41) is 13.4. The van der Waals surface area contributed by atoms with Gasteiger partial charge in [-0.15, -0.1) is 10.2 Å². The third kappa shape index (κ3) is 6.45. The number of allylic oxidation sites excluding steroid dienone is 1. The molecular formula is C27H25N5O2S. The minimum Gasteiger partial charge on any atom is -0.497 e. The minimum atomic E-state index is -0.232. The number of hydrogen-bond donors (Lipinski definition) is 1. The first-order chi connectivity index (χ1) is 17.1. The summed E-state index contributed by atoms with van der Waals surface area (Å²) < 4.78 is 7.22. The maximum atomic E-state index is 12.4. The third-order valence-electron chi connectivity index (χ3n) is 4.98. The molecule has 0 atom stereocenters. The van der Waals surface area contributed by atoms with Crippen LogP contribution in [0.4, 0.5) is 0 Å². The highest BCUT2D eigenvalue weighted by molar-refractivity contribution is 7.99. The second-order valence-electron chi connectivity index (χ2n) is 7.59. The van der Waals surface area contributed by atoms with Gasteiger partial charge in [0.2, 0.25) is 0 Å². The molecule has 176 valence electrons. The van der Waals surface area contributed by atoms with E-state index in [4.69, 9.17) is 4.74 Å². The molecule has 1 heterocycles. The van der Waals surface area contributed by atoms with Gasteiger partial charge >= 0.3 is 0 Å². The molecule has 4 aromatic rings. The first-order valence-electron chi connectivity index (χ1n) is 11.0. The molecule has 0 unspecified atom stereocenters. The van der Waals surface area contributed by atoms with Crippen LogP contribution in [0.15, 0.2) is 101 Å². The third-order valence-corrected chi connectivity index (χ3v) is 5.91. The molecule has 1 N–H and O–H groups in total. The highest BCUT2D eigenvalue weighted by atomic mass is 32.2. The second kappa shape index (κ2) is 11.8. The maximum absolute atomic E-state index is 12.4. The average molecular weight is 484 g/mol. The minimum absolute atomic E-state index is 0.141. The number of carbonyl (C=O) groups excluding carboxylic acids is 1. The zero-order valence-electron chi connectivity index (χ0n) is 19.5. The Kier molecular flexibility index (Phi) is 8.08. The molecule has 8 heteroatoms. The van der Waals surface area contributed by atoms with Gasteiger partial charge in [0.15, 0.2) is 11.0 Å². The molecule has 0 aliphatic carbocycles. The summed E-state index contributed by atoms with van der Waals surface area (Å²) in [6.45, 7) is 1.93. The van der Waals surface area contributed by atoms with E-state index in [1.165, 1.54) is 11.8 Å². The van der Waals surface area contributed by atoms with E-state index in [-0.39, 0.29) is 11.7 Å². The van der Waals surface area contributed by atoms with Crippen molar-refractivity contribution in [2.45, 2.75) is 12.1 Å². The molecule has 0 saturated heterocycles. The van der Waals surface area contributed by atoms with Crippen LogP contribution in [-0.2, 0) is 4.79 Å². The molecule has 1 aromatic heterocycles. The average Bonchev–Trinajstić information content (AvgIpc) is 3.32. The van der Waals surface area contributed by atoms with Gasteiger partial charge in [0, 0.05) is 11.3 Å². The van der Waals surface area contributed by atoms with E-state index in [1.54, 1.807) is 13.3 Å². The molecule has 0 radical (unpaired) electrons. The molecular weight excluding hydrogens is 458 g/mol. The summed E-state index contributed by atoms with van der Waals surface area (Å²) in [5.41, 5.74) is 6.38. The number of hydrazone groups is 1. The Balaban J connectivity index is 1.46. The predicted molar refractivity (Wildman–Crippen MR) is 141 cm³/mol. The molecule has 3 aromatic carbocycles. The Labute approximate surface area is 208 Å². The van der Waals surface area contributed by atoms with Crippen LogP contribution >= 0.6 is 11.8 Å². The van der Waals surface area contributed by atoms with E-state index in [1.807, 2.05) is 102 Å². The highest BCUT2D eigenvalue weighted by Crippen LogP contribution is 2.28. The lowest BCUT2D eigenvalue weighted by atomic mass is 10.1. The van der Waals surface area contributed by atoms with Gasteiger partial charge in [-0.1, -0.05) is 78.5 Å². The van der Waals surface area contributed by atoms with Gasteiger partial charge in [-0.25, -0.2) is 5.43 Å². The monoisotopic (exact) mass is 483 g/mol. The Hall–Kier alpha value is -4.17. The van der Waals surface area contributed by atoms with Crippen LogP contribution < -0.4 is 10.2 Å². The summed E-state index contributed by atoms with van der Waals surface area (Å²) in [4.78, 5) is 12.4. The fourth-order valence-corrected chi connectivity index (χ4v) is 4.06. The number of hydrogen-bond acceptors (Lipinski definition) is 6. The molecule has 0 fully saturated rings. The van der Waals surface area contributed by atoms with Gasteiger partial charge in [-0.2, -0.15) is 5.10 Å². The first-order valence-corrected chi connectivity index (χ1v) is 12.0. The molecule has 0 spiro atoms. The second-order valence-corrected chi connectivity index (χ2v) is 8.53. The number of thioether (sulfide) groups is 1. The topological polar surface area (TPSA) is 81.4 Å². The van der Waals surface area contributed by atoms with Crippen molar-refractivity contribution < 1.29 is 9.53 Å². The number of nitrogens with zero attached hydrogens (tertiary/aromatic N) is 4. The van der Waals surface area contributed by atoms with Crippen molar-refractivity contribution >= 4 is 30.0 Å². The van der Waals surface area contributed by atoms with Gasteiger partial charge in [0.25, 0.3) is 5.91 Å². The van der Waals surface area contributed by atoms with Crippen molar-refractivity contribution in [2.75, 3.05) is 12.9 Å². The summed E-state index contributed by atoms with van der Waals surface area (Å²) >= 11 is 1.29. The normalized spacial score (nSPS) is 11.5. The number of ether oxygens (including phenoxy) is 1. The van der Waals surface area contributed by atoms with Crippen molar-refractivity contribution in [3.63, 3.8) is 0 Å². The standard InChI is InChI=1S/C27H25N5O2S/c1-20(17-21-9-5-3-6-10-21)18-28-29-25(33)19-35-27-31-30-26(22-11-7-4-8-12-22)32(27)23-13-15-24(34-2)16-14-23/h3-18H,19H2,1-2H3,(H,29,33)/b20-17?,28-18-. The summed E-state index contributed by atoms with van der Waals surface area (Å²) in [6.07, 6.45) is 3.62. The number of amides is 1. The van der Waals surface area contributed by atoms with Crippen molar-refractivity contribution in [3.8, 4) is 22.8 Å². The van der Waals surface area contributed by atoms with E-state index in [2.05, 4.69) is 20.7 Å². The van der Waals surface area contributed by atoms with Crippen LogP contribution in [-0.4, -0.2) is 39.7 Å². The predicted octanol–water partition coefficient (Wildman–Crippen LogP) is 5.24. The van der Waals surface area contributed by atoms with E-state index in [9.17, 15) is 4.79 Å². The zero-order chi connectivity index (χ0) is 24.5. The van der Waals surface area contributed by atoms with Crippen LogP contribution in [0.5, 0.6) is 5.75 Å². The molecule has 0 bridgehead atoms. The van der Waals surface area contributed by atoms with E-state index < -0.39 is 0 Å². The quantitative estimate of drug-likeness (QED) is 0.200. The maximum Gasteiger partial charge on any atom is 0.250 e. The highest BCUT2D eigenvalue weighted by Gasteiger charge is 2.17. The number of benzene rings is 3. The Morgan fingerprint density at radius 2 is 1.69 bits per heavy atom. The van der Waals surface area contributed by atoms with Gasteiger partial charge in [-0.05, 0) is 42.3 Å². The van der Waals surface area contributed by atoms with Crippen molar-refractivity contribution in [2.24, 2.45) is 5.10 Å². The Morgan fingerprint density at radius 1 is 1.00 bits per heavy atom. The summed E-state index contributed by atoms with van der Waals surface area (Å²) in [6, 6.07) is 27.4. The Bertz CT molecular complexity index is 1320. The van der Waals surface area contributed by atoms with Gasteiger partial charge in [-0.3, -0.25) is 9.36 Å². The lowest BCUT2D eigenvalue weighted by molar-refractivity contribution is -0.118. The van der Waals surface area contributed by atoms with Crippen LogP contribution in [0.25, 0.3) is 23.2 Å².